The van der Waals surface area contributed by atoms with Gasteiger partial charge < -0.3 is 10.2 Å². The summed E-state index contributed by atoms with van der Waals surface area (Å²) in [6.45, 7) is 7.48. The molecule has 1 aromatic heterocycles. The zero-order chi connectivity index (χ0) is 20.8. The van der Waals surface area contributed by atoms with Crippen molar-refractivity contribution < 1.29 is 14.5 Å². The highest BCUT2D eigenvalue weighted by molar-refractivity contribution is 8.01. The van der Waals surface area contributed by atoms with Gasteiger partial charge in [0.15, 0.2) is 4.34 Å². The molecule has 0 bridgehead atoms. The van der Waals surface area contributed by atoms with Crippen LogP contribution in [0.25, 0.3) is 0 Å². The Morgan fingerprint density at radius 3 is 2.64 bits per heavy atom. The molecule has 0 aliphatic heterocycles. The number of nitro benzene ring substituents is 1. The van der Waals surface area contributed by atoms with Gasteiger partial charge in [-0.3, -0.25) is 19.7 Å². The van der Waals surface area contributed by atoms with Crippen molar-refractivity contribution in [1.82, 2.24) is 15.2 Å². The molecule has 0 fully saturated rings. The molecule has 2 amide bonds. The zero-order valence-corrected chi connectivity index (χ0v) is 17.7. The summed E-state index contributed by atoms with van der Waals surface area (Å²) in [6, 6.07) is 4.32. The van der Waals surface area contributed by atoms with E-state index in [1.807, 2.05) is 26.2 Å². The third-order valence-corrected chi connectivity index (χ3v) is 5.77. The molecule has 0 unspecified atom stereocenters. The number of nitrogens with one attached hydrogen (secondary N) is 1. The number of likely N-dealkylation sites (N-methyl/N-ethyl adjacent to an activating group) is 1. The second-order valence-electron chi connectivity index (χ2n) is 6.34. The molecule has 1 N–H and O–H groups in total. The lowest BCUT2D eigenvalue weighted by atomic mass is 10.1. The first-order valence-corrected chi connectivity index (χ1v) is 10.4. The number of hydrogen-bond acceptors (Lipinski definition) is 7. The van der Waals surface area contributed by atoms with Gasteiger partial charge in [-0.2, -0.15) is 0 Å². The number of thiazole rings is 1. The normalized spacial score (nSPS) is 10.8. The van der Waals surface area contributed by atoms with E-state index >= 15 is 0 Å². The van der Waals surface area contributed by atoms with E-state index in [0.717, 1.165) is 5.69 Å². The van der Waals surface area contributed by atoms with Crippen molar-refractivity contribution in [3.63, 3.8) is 0 Å². The van der Waals surface area contributed by atoms with Crippen LogP contribution in [0.1, 0.15) is 36.8 Å². The van der Waals surface area contributed by atoms with Gasteiger partial charge in [0.2, 0.25) is 5.91 Å². The Morgan fingerprint density at radius 2 is 2.11 bits per heavy atom. The minimum atomic E-state index is -0.513. The summed E-state index contributed by atoms with van der Waals surface area (Å²) in [4.78, 5) is 41.8. The largest absolute Gasteiger partial charge is 0.352 e. The van der Waals surface area contributed by atoms with E-state index in [1.165, 1.54) is 34.1 Å². The molecular weight excluding hydrogens is 400 g/mol. The number of nitro groups is 1. The molecule has 28 heavy (non-hydrogen) atoms. The molecule has 0 spiro atoms. The highest BCUT2D eigenvalue weighted by Crippen LogP contribution is 2.36. The van der Waals surface area contributed by atoms with E-state index in [2.05, 4.69) is 10.3 Å². The number of amides is 2. The van der Waals surface area contributed by atoms with Crippen LogP contribution < -0.4 is 5.32 Å². The molecule has 1 aromatic carbocycles. The van der Waals surface area contributed by atoms with E-state index in [4.69, 9.17) is 0 Å². The summed E-state index contributed by atoms with van der Waals surface area (Å²) in [5.74, 6) is -0.697. The zero-order valence-electron chi connectivity index (χ0n) is 16.1. The van der Waals surface area contributed by atoms with Crippen LogP contribution >= 0.6 is 23.1 Å². The molecular formula is C18H22N4O4S2. The SMILES string of the molecule is CCN(CC(=O)NC(C)C)C(=O)c1ccc(Sc2nc(C)cs2)c([N+](=O)[O-])c1. The Balaban J connectivity index is 2.24. The monoisotopic (exact) mass is 422 g/mol. The van der Waals surface area contributed by atoms with Gasteiger partial charge in [-0.1, -0.05) is 11.8 Å². The fourth-order valence-corrected chi connectivity index (χ4v) is 4.28. The molecule has 0 atom stereocenters. The average molecular weight is 423 g/mol. The molecule has 0 saturated heterocycles. The molecule has 0 aliphatic carbocycles. The van der Waals surface area contributed by atoms with Crippen molar-refractivity contribution in [1.29, 1.82) is 0 Å². The Labute approximate surface area is 171 Å². The summed E-state index contributed by atoms with van der Waals surface area (Å²) in [5, 5.41) is 16.1. The van der Waals surface area contributed by atoms with Crippen LogP contribution in [0.15, 0.2) is 32.8 Å². The summed E-state index contributed by atoms with van der Waals surface area (Å²) in [6.07, 6.45) is 0. The predicted molar refractivity (Wildman–Crippen MR) is 109 cm³/mol. The van der Waals surface area contributed by atoms with Gasteiger partial charge in [0.1, 0.15) is 0 Å². The number of benzene rings is 1. The van der Waals surface area contributed by atoms with Crippen LogP contribution in [0.4, 0.5) is 5.69 Å². The van der Waals surface area contributed by atoms with Crippen molar-refractivity contribution in [3.05, 3.63) is 45.0 Å². The van der Waals surface area contributed by atoms with Gasteiger partial charge in [-0.25, -0.2) is 4.98 Å². The lowest BCUT2D eigenvalue weighted by molar-refractivity contribution is -0.387. The Bertz CT molecular complexity index is 882. The van der Waals surface area contributed by atoms with E-state index < -0.39 is 10.8 Å². The summed E-state index contributed by atoms with van der Waals surface area (Å²) < 4.78 is 0.695. The number of nitrogens with zero attached hydrogens (tertiary/aromatic N) is 3. The van der Waals surface area contributed by atoms with E-state index in [0.29, 0.717) is 15.8 Å². The van der Waals surface area contributed by atoms with Gasteiger partial charge in [0.05, 0.1) is 16.4 Å². The molecule has 2 aromatic rings. The molecule has 1 heterocycles. The van der Waals surface area contributed by atoms with Crippen LogP contribution in [-0.4, -0.2) is 45.8 Å². The lowest BCUT2D eigenvalue weighted by Crippen LogP contribution is -2.42. The highest BCUT2D eigenvalue weighted by atomic mass is 32.2. The number of carbonyl (C=O) groups is 2. The number of aryl methyl sites for hydroxylation is 1. The summed E-state index contributed by atoms with van der Waals surface area (Å²) in [5.41, 5.74) is 0.858. The van der Waals surface area contributed by atoms with Crippen LogP contribution in [0.2, 0.25) is 0 Å². The van der Waals surface area contributed by atoms with Crippen molar-refractivity contribution in [2.75, 3.05) is 13.1 Å². The highest BCUT2D eigenvalue weighted by Gasteiger charge is 2.23. The smallest absolute Gasteiger partial charge is 0.284 e. The fraction of sp³-hybridized carbons (Fsp3) is 0.389. The van der Waals surface area contributed by atoms with Gasteiger partial charge in [0, 0.05) is 35.3 Å². The van der Waals surface area contributed by atoms with Gasteiger partial charge in [-0.15, -0.1) is 11.3 Å². The Kier molecular flexibility index (Phi) is 7.53. The fourth-order valence-electron chi connectivity index (χ4n) is 2.40. The molecule has 2 rings (SSSR count). The Morgan fingerprint density at radius 1 is 1.39 bits per heavy atom. The van der Waals surface area contributed by atoms with Crippen molar-refractivity contribution in [2.45, 2.75) is 43.0 Å². The summed E-state index contributed by atoms with van der Waals surface area (Å²) in [7, 11) is 0. The second kappa shape index (κ2) is 9.65. The van der Waals surface area contributed by atoms with Crippen LogP contribution in [0.3, 0.4) is 0 Å². The molecule has 0 saturated carbocycles. The van der Waals surface area contributed by atoms with Gasteiger partial charge >= 0.3 is 0 Å². The minimum absolute atomic E-state index is 0.0341. The predicted octanol–water partition coefficient (Wildman–Crippen LogP) is 3.50. The standard InChI is InChI=1S/C18H22N4O4S2/c1-5-21(9-16(23)19-11(2)3)17(24)13-6-7-15(14(8-13)22(25)26)28-18-20-12(4)10-27-18/h6-8,10-11H,5,9H2,1-4H3,(H,19,23). The number of aromatic nitrogens is 1. The third-order valence-electron chi connectivity index (χ3n) is 3.65. The number of carbonyl (C=O) groups excluding carboxylic acids is 2. The molecule has 10 heteroatoms. The third kappa shape index (κ3) is 5.77. The van der Waals surface area contributed by atoms with Crippen LogP contribution in [-0.2, 0) is 4.79 Å². The number of hydrogen-bond donors (Lipinski definition) is 1. The van der Waals surface area contributed by atoms with Crippen LogP contribution in [0.5, 0.6) is 0 Å². The second-order valence-corrected chi connectivity index (χ2v) is 8.49. The molecule has 0 radical (unpaired) electrons. The number of rotatable bonds is 8. The average Bonchev–Trinajstić information content (AvgIpc) is 3.03. The van der Waals surface area contributed by atoms with E-state index in [9.17, 15) is 19.7 Å². The minimum Gasteiger partial charge on any atom is -0.352 e. The van der Waals surface area contributed by atoms with Crippen LogP contribution in [0, 0.1) is 17.0 Å². The maximum atomic E-state index is 12.8. The Hall–Kier alpha value is -2.46. The summed E-state index contributed by atoms with van der Waals surface area (Å²) >= 11 is 2.60. The first-order valence-electron chi connectivity index (χ1n) is 8.68. The molecule has 150 valence electrons. The van der Waals surface area contributed by atoms with Crippen molar-refractivity contribution >= 4 is 40.6 Å². The topological polar surface area (TPSA) is 105 Å². The van der Waals surface area contributed by atoms with Crippen molar-refractivity contribution in [3.8, 4) is 0 Å². The van der Waals surface area contributed by atoms with E-state index in [1.54, 1.807) is 19.1 Å². The maximum absolute atomic E-state index is 12.8. The molecule has 8 nitrogen and oxygen atoms in total. The molecule has 0 aliphatic rings. The quantitative estimate of drug-likeness (QED) is 0.516. The van der Waals surface area contributed by atoms with Crippen molar-refractivity contribution in [2.24, 2.45) is 0 Å². The maximum Gasteiger partial charge on any atom is 0.284 e. The first kappa shape index (κ1) is 21.8. The lowest BCUT2D eigenvalue weighted by Gasteiger charge is -2.21. The van der Waals surface area contributed by atoms with Gasteiger partial charge in [-0.05, 0) is 39.8 Å². The van der Waals surface area contributed by atoms with Gasteiger partial charge in [0.25, 0.3) is 11.6 Å². The first-order chi connectivity index (χ1) is 13.2. The van der Waals surface area contributed by atoms with E-state index in [-0.39, 0.29) is 29.7 Å².